The summed E-state index contributed by atoms with van der Waals surface area (Å²) in [6, 6.07) is 0. The average Bonchev–Trinajstić information content (AvgIpc) is 2.38. The zero-order valence-corrected chi connectivity index (χ0v) is 6.44. The minimum absolute atomic E-state index is 0.692. The predicted octanol–water partition coefficient (Wildman–Crippen LogP) is 1.26. The zero-order valence-electron chi connectivity index (χ0n) is 5.63. The molecule has 0 radical (unpaired) electrons. The van der Waals surface area contributed by atoms with Gasteiger partial charge in [0.15, 0.2) is 0 Å². The first-order valence-electron chi connectivity index (χ1n) is 2.72. The number of rotatable bonds is 3. The van der Waals surface area contributed by atoms with E-state index in [-0.39, 0.29) is 0 Å². The van der Waals surface area contributed by atoms with Gasteiger partial charge in [-0.3, -0.25) is 10.3 Å². The van der Waals surface area contributed by atoms with E-state index < -0.39 is 0 Å². The van der Waals surface area contributed by atoms with Crippen molar-refractivity contribution in [2.45, 2.75) is 0 Å². The second-order valence-electron chi connectivity index (χ2n) is 1.62. The molecule has 0 aliphatic heterocycles. The highest BCUT2D eigenvalue weighted by molar-refractivity contribution is 7.10. The standard InChI is InChI=1S/C6H8N2OS/c1-5(8-9-2)6-7-3-4-10-6/h3-4,8H,1H2,2H3. The van der Waals surface area contributed by atoms with E-state index in [9.17, 15) is 0 Å². The summed E-state index contributed by atoms with van der Waals surface area (Å²) in [7, 11) is 1.54. The van der Waals surface area contributed by atoms with E-state index in [2.05, 4.69) is 21.9 Å². The van der Waals surface area contributed by atoms with Gasteiger partial charge in [-0.05, 0) is 0 Å². The van der Waals surface area contributed by atoms with Gasteiger partial charge in [-0.15, -0.1) is 11.3 Å². The molecular formula is C6H8N2OS. The van der Waals surface area contributed by atoms with Crippen molar-refractivity contribution in [1.29, 1.82) is 0 Å². The molecule has 0 saturated heterocycles. The molecule has 3 nitrogen and oxygen atoms in total. The Morgan fingerprint density at radius 1 is 1.90 bits per heavy atom. The highest BCUT2D eigenvalue weighted by Gasteiger charge is 1.97. The van der Waals surface area contributed by atoms with Gasteiger partial charge < -0.3 is 0 Å². The second-order valence-corrected chi connectivity index (χ2v) is 2.52. The van der Waals surface area contributed by atoms with Crippen LogP contribution in [-0.4, -0.2) is 12.1 Å². The maximum absolute atomic E-state index is 4.64. The van der Waals surface area contributed by atoms with Crippen LogP contribution in [-0.2, 0) is 4.84 Å². The van der Waals surface area contributed by atoms with Gasteiger partial charge in [0.1, 0.15) is 5.01 Å². The monoisotopic (exact) mass is 156 g/mol. The van der Waals surface area contributed by atoms with Crippen LogP contribution in [0.1, 0.15) is 5.01 Å². The topological polar surface area (TPSA) is 34.1 Å². The Bertz CT molecular complexity index is 208. The Morgan fingerprint density at radius 3 is 3.20 bits per heavy atom. The maximum atomic E-state index is 4.64. The summed E-state index contributed by atoms with van der Waals surface area (Å²) in [5, 5.41) is 2.74. The van der Waals surface area contributed by atoms with Crippen LogP contribution in [0.25, 0.3) is 5.70 Å². The molecule has 0 aliphatic rings. The maximum Gasteiger partial charge on any atom is 0.140 e. The van der Waals surface area contributed by atoms with Crippen LogP contribution < -0.4 is 5.48 Å². The van der Waals surface area contributed by atoms with Gasteiger partial charge in [-0.25, -0.2) is 4.98 Å². The molecule has 0 amide bonds. The predicted molar refractivity (Wildman–Crippen MR) is 41.3 cm³/mol. The van der Waals surface area contributed by atoms with Gasteiger partial charge in [-0.1, -0.05) is 6.58 Å². The fourth-order valence-corrected chi connectivity index (χ4v) is 1.10. The average molecular weight is 156 g/mol. The lowest BCUT2D eigenvalue weighted by Gasteiger charge is -2.00. The summed E-state index contributed by atoms with van der Waals surface area (Å²) in [4.78, 5) is 8.66. The normalized spacial score (nSPS) is 9.30. The third-order valence-electron chi connectivity index (χ3n) is 0.916. The van der Waals surface area contributed by atoms with Crippen molar-refractivity contribution >= 4 is 17.0 Å². The van der Waals surface area contributed by atoms with Crippen molar-refractivity contribution in [1.82, 2.24) is 10.5 Å². The van der Waals surface area contributed by atoms with Crippen LogP contribution in [0.3, 0.4) is 0 Å². The van der Waals surface area contributed by atoms with Gasteiger partial charge >= 0.3 is 0 Å². The van der Waals surface area contributed by atoms with E-state index in [0.29, 0.717) is 5.70 Å². The molecule has 0 unspecified atom stereocenters. The fourth-order valence-electron chi connectivity index (χ4n) is 0.539. The molecule has 0 aromatic carbocycles. The molecule has 0 aliphatic carbocycles. The molecule has 1 aromatic heterocycles. The highest BCUT2D eigenvalue weighted by Crippen LogP contribution is 2.11. The molecule has 0 bridgehead atoms. The molecule has 54 valence electrons. The lowest BCUT2D eigenvalue weighted by Crippen LogP contribution is -2.08. The van der Waals surface area contributed by atoms with Gasteiger partial charge in [-0.2, -0.15) is 0 Å². The van der Waals surface area contributed by atoms with E-state index in [4.69, 9.17) is 0 Å². The summed E-state index contributed by atoms with van der Waals surface area (Å²) in [5.74, 6) is 0. The lowest BCUT2D eigenvalue weighted by atomic mass is 10.5. The lowest BCUT2D eigenvalue weighted by molar-refractivity contribution is 0.137. The number of hydroxylamine groups is 1. The smallest absolute Gasteiger partial charge is 0.140 e. The Labute approximate surface area is 63.3 Å². The molecule has 4 heteroatoms. The first-order chi connectivity index (χ1) is 4.84. The minimum Gasteiger partial charge on any atom is -0.279 e. The van der Waals surface area contributed by atoms with Crippen molar-refractivity contribution in [3.63, 3.8) is 0 Å². The van der Waals surface area contributed by atoms with Gasteiger partial charge in [0.2, 0.25) is 0 Å². The van der Waals surface area contributed by atoms with E-state index >= 15 is 0 Å². The van der Waals surface area contributed by atoms with Crippen molar-refractivity contribution < 1.29 is 4.84 Å². The molecule has 0 atom stereocenters. The Hall–Kier alpha value is -0.870. The van der Waals surface area contributed by atoms with Crippen molar-refractivity contribution in [2.75, 3.05) is 7.11 Å². The fraction of sp³-hybridized carbons (Fsp3) is 0.167. The third kappa shape index (κ3) is 1.55. The SMILES string of the molecule is C=C(NOC)c1nccs1. The van der Waals surface area contributed by atoms with E-state index in [1.54, 1.807) is 13.3 Å². The molecule has 1 aromatic rings. The van der Waals surface area contributed by atoms with Crippen LogP contribution >= 0.6 is 11.3 Å². The quantitative estimate of drug-likeness (QED) is 0.669. The van der Waals surface area contributed by atoms with Crippen LogP contribution in [0.2, 0.25) is 0 Å². The zero-order chi connectivity index (χ0) is 7.40. The summed E-state index contributed by atoms with van der Waals surface area (Å²) >= 11 is 1.52. The van der Waals surface area contributed by atoms with E-state index in [1.165, 1.54) is 11.3 Å². The van der Waals surface area contributed by atoms with Crippen LogP contribution in [0, 0.1) is 0 Å². The first-order valence-corrected chi connectivity index (χ1v) is 3.60. The van der Waals surface area contributed by atoms with Crippen LogP contribution in [0.5, 0.6) is 0 Å². The van der Waals surface area contributed by atoms with Crippen molar-refractivity contribution in [3.8, 4) is 0 Å². The number of nitrogens with one attached hydrogen (secondary N) is 1. The number of hydrogen-bond acceptors (Lipinski definition) is 4. The third-order valence-corrected chi connectivity index (χ3v) is 1.75. The molecule has 1 N–H and O–H groups in total. The molecule has 1 heterocycles. The summed E-state index contributed by atoms with van der Waals surface area (Å²) in [6.45, 7) is 3.70. The molecule has 1 rings (SSSR count). The van der Waals surface area contributed by atoms with Gasteiger partial charge in [0.25, 0.3) is 0 Å². The van der Waals surface area contributed by atoms with E-state index in [1.807, 2.05) is 5.38 Å². The van der Waals surface area contributed by atoms with Crippen molar-refractivity contribution in [3.05, 3.63) is 23.2 Å². The molecule has 0 fully saturated rings. The minimum atomic E-state index is 0.692. The van der Waals surface area contributed by atoms with Gasteiger partial charge in [0, 0.05) is 11.6 Å². The van der Waals surface area contributed by atoms with Crippen LogP contribution in [0.4, 0.5) is 0 Å². The Kier molecular flexibility index (Phi) is 2.42. The van der Waals surface area contributed by atoms with Crippen molar-refractivity contribution in [2.24, 2.45) is 0 Å². The number of aromatic nitrogens is 1. The Balaban J connectivity index is 2.59. The van der Waals surface area contributed by atoms with Gasteiger partial charge in [0.05, 0.1) is 12.8 Å². The summed E-state index contributed by atoms with van der Waals surface area (Å²) in [5.41, 5.74) is 3.29. The Morgan fingerprint density at radius 2 is 2.70 bits per heavy atom. The molecule has 10 heavy (non-hydrogen) atoms. The summed E-state index contributed by atoms with van der Waals surface area (Å²) < 4.78 is 0. The first kappa shape index (κ1) is 7.24. The largest absolute Gasteiger partial charge is 0.279 e. The molecule has 0 spiro atoms. The number of hydrogen-bond donors (Lipinski definition) is 1. The van der Waals surface area contributed by atoms with E-state index in [0.717, 1.165) is 5.01 Å². The molecular weight excluding hydrogens is 148 g/mol. The highest BCUT2D eigenvalue weighted by atomic mass is 32.1. The summed E-state index contributed by atoms with van der Waals surface area (Å²) in [6.07, 6.45) is 1.72. The number of thiazole rings is 1. The second kappa shape index (κ2) is 3.34. The molecule has 0 saturated carbocycles. The van der Waals surface area contributed by atoms with Crippen LogP contribution in [0.15, 0.2) is 18.2 Å². The number of nitrogens with zero attached hydrogens (tertiary/aromatic N) is 1.